The summed E-state index contributed by atoms with van der Waals surface area (Å²) in [6.07, 6.45) is -3.25. The second-order valence-electron chi connectivity index (χ2n) is 5.57. The number of carboxylic acid groups (broad SMARTS) is 1. The highest BCUT2D eigenvalue weighted by Crippen LogP contribution is 2.18. The molecular formula is C22H39FN2O6. The number of rotatable bonds is 9. The van der Waals surface area contributed by atoms with Crippen molar-refractivity contribution >= 4 is 23.9 Å². The number of aldehydes is 1. The summed E-state index contributed by atoms with van der Waals surface area (Å²) < 4.78 is 18.8. The van der Waals surface area contributed by atoms with Crippen LogP contribution in [0.2, 0.25) is 0 Å². The largest absolute Gasteiger partial charge is 0.479 e. The number of benzene rings is 1. The number of carboxylic acids is 1. The summed E-state index contributed by atoms with van der Waals surface area (Å²) in [6, 6.07) is 3.87. The maximum absolute atomic E-state index is 13.7. The molecule has 0 spiro atoms. The van der Waals surface area contributed by atoms with Crippen molar-refractivity contribution in [2.45, 2.75) is 53.8 Å². The van der Waals surface area contributed by atoms with Crippen LogP contribution in [-0.2, 0) is 14.3 Å². The molecule has 1 amide bonds. The topological polar surface area (TPSA) is 107 Å². The van der Waals surface area contributed by atoms with E-state index in [1.54, 1.807) is 26.0 Å². The number of hydrogen-bond acceptors (Lipinski definition) is 6. The van der Waals surface area contributed by atoms with Crippen LogP contribution < -0.4 is 4.90 Å². The van der Waals surface area contributed by atoms with Gasteiger partial charge in [-0.2, -0.15) is 0 Å². The number of carbonyl (C=O) groups excluding carboxylic acids is 2. The van der Waals surface area contributed by atoms with Gasteiger partial charge in [0, 0.05) is 38.9 Å². The number of amides is 1. The number of carbonyl (C=O) groups is 3. The monoisotopic (exact) mass is 446 g/mol. The van der Waals surface area contributed by atoms with Gasteiger partial charge in [-0.25, -0.2) is 9.18 Å². The third-order valence-electron chi connectivity index (χ3n) is 3.41. The molecule has 0 heterocycles. The molecule has 2 atom stereocenters. The van der Waals surface area contributed by atoms with Crippen molar-refractivity contribution in [1.82, 2.24) is 4.90 Å². The summed E-state index contributed by atoms with van der Waals surface area (Å²) >= 11 is 0. The van der Waals surface area contributed by atoms with Crippen LogP contribution in [-0.4, -0.2) is 79.8 Å². The smallest absolute Gasteiger partial charge is 0.335 e. The third kappa shape index (κ3) is 12.7. The van der Waals surface area contributed by atoms with Gasteiger partial charge in [-0.15, -0.1) is 0 Å². The fraction of sp³-hybridized carbons (Fsp3) is 0.591. The summed E-state index contributed by atoms with van der Waals surface area (Å²) in [4.78, 5) is 36.2. The van der Waals surface area contributed by atoms with E-state index in [0.29, 0.717) is 5.69 Å². The highest BCUT2D eigenvalue weighted by molar-refractivity contribution is 5.94. The highest BCUT2D eigenvalue weighted by atomic mass is 19.1. The van der Waals surface area contributed by atoms with Crippen LogP contribution in [0, 0.1) is 5.82 Å². The second-order valence-corrected chi connectivity index (χ2v) is 5.57. The SMILES string of the molecule is CC.CC.CC.CN(C)C(=O)c1cc(F)cc(N(C)CCO[C@@H](C=O)C(O)C(=O)O)c1. The molecule has 8 nitrogen and oxygen atoms in total. The van der Waals surface area contributed by atoms with Gasteiger partial charge >= 0.3 is 5.97 Å². The Morgan fingerprint density at radius 1 is 1.06 bits per heavy atom. The Morgan fingerprint density at radius 3 is 2.00 bits per heavy atom. The maximum atomic E-state index is 13.7. The third-order valence-corrected chi connectivity index (χ3v) is 3.41. The zero-order valence-electron chi connectivity index (χ0n) is 20.2. The minimum Gasteiger partial charge on any atom is -0.479 e. The van der Waals surface area contributed by atoms with Crippen LogP contribution in [0.1, 0.15) is 51.9 Å². The lowest BCUT2D eigenvalue weighted by molar-refractivity contribution is -0.157. The lowest BCUT2D eigenvalue weighted by atomic mass is 10.1. The van der Waals surface area contributed by atoms with E-state index in [-0.39, 0.29) is 30.9 Å². The number of anilines is 1. The van der Waals surface area contributed by atoms with Crippen molar-refractivity contribution in [2.75, 3.05) is 39.2 Å². The molecule has 9 heteroatoms. The van der Waals surface area contributed by atoms with Gasteiger partial charge in [0.15, 0.2) is 12.4 Å². The normalized spacial score (nSPS) is 11.1. The molecule has 0 bridgehead atoms. The molecule has 0 fully saturated rings. The first-order valence-corrected chi connectivity index (χ1v) is 10.4. The first-order chi connectivity index (χ1) is 14.7. The Morgan fingerprint density at radius 2 is 1.58 bits per heavy atom. The second kappa shape index (κ2) is 19.4. The molecule has 0 saturated carbocycles. The standard InChI is InChI=1S/C16H21FN2O6.3C2H6/c1-18(2)15(22)10-6-11(17)8-12(7-10)19(3)4-5-25-13(9-20)14(21)16(23)24;3*1-2/h6-9,13-14,21H,4-5H2,1-3H3,(H,23,24);3*1-2H3/t13-,14?;;;/m0.../s1. The number of aliphatic carboxylic acids is 1. The number of aliphatic hydroxyl groups is 1. The molecule has 0 saturated heterocycles. The van der Waals surface area contributed by atoms with E-state index in [4.69, 9.17) is 9.84 Å². The van der Waals surface area contributed by atoms with Crippen LogP contribution in [0.4, 0.5) is 10.1 Å². The van der Waals surface area contributed by atoms with Crippen LogP contribution in [0.3, 0.4) is 0 Å². The fourth-order valence-electron chi connectivity index (χ4n) is 1.98. The lowest BCUT2D eigenvalue weighted by Crippen LogP contribution is -2.38. The first-order valence-electron chi connectivity index (χ1n) is 10.4. The van der Waals surface area contributed by atoms with Crippen molar-refractivity contribution in [3.63, 3.8) is 0 Å². The Kier molecular flexibility index (Phi) is 20.8. The summed E-state index contributed by atoms with van der Waals surface area (Å²) in [5.74, 6) is -2.50. The number of halogens is 1. The molecular weight excluding hydrogens is 407 g/mol. The van der Waals surface area contributed by atoms with Crippen molar-refractivity contribution in [3.05, 3.63) is 29.6 Å². The van der Waals surface area contributed by atoms with Gasteiger partial charge in [0.1, 0.15) is 11.9 Å². The lowest BCUT2D eigenvalue weighted by Gasteiger charge is -2.22. The Balaban J connectivity index is -0.00000120. The molecule has 0 aliphatic rings. The molecule has 0 radical (unpaired) electrons. The van der Waals surface area contributed by atoms with Crippen molar-refractivity contribution in [2.24, 2.45) is 0 Å². The Labute approximate surface area is 185 Å². The van der Waals surface area contributed by atoms with Crippen molar-refractivity contribution in [3.8, 4) is 0 Å². The highest BCUT2D eigenvalue weighted by Gasteiger charge is 2.26. The molecule has 180 valence electrons. The van der Waals surface area contributed by atoms with E-state index >= 15 is 0 Å². The molecule has 31 heavy (non-hydrogen) atoms. The molecule has 0 aliphatic carbocycles. The zero-order chi connectivity index (χ0) is 25.1. The van der Waals surface area contributed by atoms with E-state index < -0.39 is 24.0 Å². The Bertz CT molecular complexity index is 640. The maximum Gasteiger partial charge on any atom is 0.335 e. The number of aliphatic hydroxyl groups excluding tert-OH is 1. The Hall–Kier alpha value is -2.52. The van der Waals surface area contributed by atoms with Gasteiger partial charge in [0.05, 0.1) is 6.61 Å². The number of likely N-dealkylation sites (N-methyl/N-ethyl adjacent to an activating group) is 1. The average Bonchev–Trinajstić information content (AvgIpc) is 2.79. The minimum absolute atomic E-state index is 0.0856. The predicted molar refractivity (Wildman–Crippen MR) is 121 cm³/mol. The van der Waals surface area contributed by atoms with Gasteiger partial charge in [-0.1, -0.05) is 41.5 Å². The summed E-state index contributed by atoms with van der Waals surface area (Å²) in [5.41, 5.74) is 0.593. The quantitative estimate of drug-likeness (QED) is 0.561. The van der Waals surface area contributed by atoms with E-state index in [0.717, 1.165) is 6.07 Å². The van der Waals surface area contributed by atoms with Gasteiger partial charge in [-0.3, -0.25) is 4.79 Å². The van der Waals surface area contributed by atoms with E-state index in [2.05, 4.69) is 0 Å². The predicted octanol–water partition coefficient (Wildman–Crippen LogP) is 3.07. The molecule has 1 aromatic rings. The van der Waals surface area contributed by atoms with Crippen LogP contribution in [0.5, 0.6) is 0 Å². The van der Waals surface area contributed by atoms with Crippen molar-refractivity contribution < 1.29 is 33.7 Å². The molecule has 1 unspecified atom stereocenters. The van der Waals surface area contributed by atoms with Gasteiger partial charge in [0.25, 0.3) is 5.91 Å². The number of ether oxygens (including phenoxy) is 1. The van der Waals surface area contributed by atoms with Gasteiger partial charge in [0.2, 0.25) is 0 Å². The van der Waals surface area contributed by atoms with Crippen LogP contribution >= 0.6 is 0 Å². The molecule has 2 N–H and O–H groups in total. The minimum atomic E-state index is -1.96. The van der Waals surface area contributed by atoms with E-state index in [1.807, 2.05) is 41.5 Å². The summed E-state index contributed by atoms with van der Waals surface area (Å²) in [6.45, 7) is 12.1. The number of hydrogen-bond donors (Lipinski definition) is 2. The van der Waals surface area contributed by atoms with Crippen LogP contribution in [0.25, 0.3) is 0 Å². The van der Waals surface area contributed by atoms with E-state index in [1.165, 1.54) is 17.0 Å². The average molecular weight is 447 g/mol. The van der Waals surface area contributed by atoms with Gasteiger partial charge < -0.3 is 29.5 Å². The molecule has 0 aromatic heterocycles. The zero-order valence-corrected chi connectivity index (χ0v) is 20.2. The fourth-order valence-corrected chi connectivity index (χ4v) is 1.98. The first kappa shape index (κ1) is 33.1. The molecule has 0 aliphatic heterocycles. The van der Waals surface area contributed by atoms with Crippen LogP contribution in [0.15, 0.2) is 18.2 Å². The molecule has 1 aromatic carbocycles. The molecule has 1 rings (SSSR count). The van der Waals surface area contributed by atoms with E-state index in [9.17, 15) is 23.9 Å². The van der Waals surface area contributed by atoms with Crippen molar-refractivity contribution in [1.29, 1.82) is 0 Å². The number of nitrogens with zero attached hydrogens (tertiary/aromatic N) is 2. The summed E-state index contributed by atoms with van der Waals surface area (Å²) in [7, 11) is 4.72. The van der Waals surface area contributed by atoms with Gasteiger partial charge in [-0.05, 0) is 18.2 Å². The summed E-state index contributed by atoms with van der Waals surface area (Å²) in [5, 5.41) is 17.9.